The number of methoxy groups -OCH3 is 1. The Bertz CT molecular complexity index is 446. The van der Waals surface area contributed by atoms with Crippen LogP contribution in [0.4, 0.5) is 5.69 Å². The summed E-state index contributed by atoms with van der Waals surface area (Å²) in [7, 11) is 1.53. The number of aliphatic carboxylic acids is 1. The van der Waals surface area contributed by atoms with Crippen molar-refractivity contribution in [2.45, 2.75) is 6.92 Å². The summed E-state index contributed by atoms with van der Waals surface area (Å²) in [5, 5.41) is 11.2. The third kappa shape index (κ3) is 5.39. The van der Waals surface area contributed by atoms with Crippen LogP contribution < -0.4 is 10.1 Å². The third-order valence-corrected chi connectivity index (χ3v) is 2.33. The van der Waals surface area contributed by atoms with Gasteiger partial charge in [-0.25, -0.2) is 4.79 Å². The second-order valence-corrected chi connectivity index (χ2v) is 4.06. The Morgan fingerprint density at radius 3 is 2.79 bits per heavy atom. The van der Waals surface area contributed by atoms with Crippen molar-refractivity contribution in [2.75, 3.05) is 25.6 Å². The molecule has 104 valence electrons. The zero-order valence-corrected chi connectivity index (χ0v) is 10.9. The minimum Gasteiger partial charge on any atom is -0.482 e. The summed E-state index contributed by atoms with van der Waals surface area (Å²) in [6, 6.07) is 6.57. The molecule has 0 aromatic heterocycles. The van der Waals surface area contributed by atoms with Gasteiger partial charge in [-0.2, -0.15) is 0 Å². The lowest BCUT2D eigenvalue weighted by molar-refractivity contribution is -0.139. The van der Waals surface area contributed by atoms with E-state index >= 15 is 0 Å². The zero-order chi connectivity index (χ0) is 14.3. The lowest BCUT2D eigenvalue weighted by atomic mass is 10.2. The van der Waals surface area contributed by atoms with Crippen LogP contribution in [0.2, 0.25) is 0 Å². The van der Waals surface area contributed by atoms with E-state index in [1.54, 1.807) is 31.2 Å². The average molecular weight is 267 g/mol. The lowest BCUT2D eigenvalue weighted by Gasteiger charge is -2.12. The Kier molecular flexibility index (Phi) is 5.81. The van der Waals surface area contributed by atoms with Crippen molar-refractivity contribution in [3.8, 4) is 5.75 Å². The first-order chi connectivity index (χ1) is 9.02. The highest BCUT2D eigenvalue weighted by Gasteiger charge is 2.12. The number of hydrogen-bond acceptors (Lipinski definition) is 4. The van der Waals surface area contributed by atoms with Gasteiger partial charge in [-0.15, -0.1) is 0 Å². The van der Waals surface area contributed by atoms with Gasteiger partial charge in [0.1, 0.15) is 5.75 Å². The molecule has 1 atom stereocenters. The van der Waals surface area contributed by atoms with Crippen LogP contribution in [0.25, 0.3) is 0 Å². The standard InChI is InChI=1S/C13H17NO5/c1-9(7-18-2)13(17)14-10-4-3-5-11(6-10)19-8-12(15)16/h3-6,9H,7-8H2,1-2H3,(H,14,17)(H,15,16). The Labute approximate surface area is 111 Å². The van der Waals surface area contributed by atoms with Gasteiger partial charge in [0.2, 0.25) is 5.91 Å². The molecule has 2 N–H and O–H groups in total. The molecule has 0 aliphatic rings. The minimum absolute atomic E-state index is 0.169. The molecule has 1 amide bonds. The van der Waals surface area contributed by atoms with Crippen molar-refractivity contribution in [3.05, 3.63) is 24.3 Å². The van der Waals surface area contributed by atoms with E-state index in [4.69, 9.17) is 14.6 Å². The monoisotopic (exact) mass is 267 g/mol. The first-order valence-electron chi connectivity index (χ1n) is 5.77. The lowest BCUT2D eigenvalue weighted by Crippen LogP contribution is -2.23. The summed E-state index contributed by atoms with van der Waals surface area (Å²) >= 11 is 0. The normalized spacial score (nSPS) is 11.7. The van der Waals surface area contributed by atoms with Crippen molar-refractivity contribution in [2.24, 2.45) is 5.92 Å². The highest BCUT2D eigenvalue weighted by atomic mass is 16.5. The highest BCUT2D eigenvalue weighted by Crippen LogP contribution is 2.18. The van der Waals surface area contributed by atoms with Crippen LogP contribution in [0.15, 0.2) is 24.3 Å². The molecular formula is C13H17NO5. The molecule has 0 saturated carbocycles. The third-order valence-electron chi connectivity index (χ3n) is 2.33. The molecule has 1 rings (SSSR count). The zero-order valence-electron chi connectivity index (χ0n) is 10.9. The van der Waals surface area contributed by atoms with Crippen LogP contribution in [-0.2, 0) is 14.3 Å². The van der Waals surface area contributed by atoms with Gasteiger partial charge in [-0.05, 0) is 12.1 Å². The van der Waals surface area contributed by atoms with Crippen molar-refractivity contribution < 1.29 is 24.2 Å². The quantitative estimate of drug-likeness (QED) is 0.779. The number of carbonyl (C=O) groups is 2. The van der Waals surface area contributed by atoms with Gasteiger partial charge >= 0.3 is 5.97 Å². The highest BCUT2D eigenvalue weighted by molar-refractivity contribution is 5.92. The molecule has 0 spiro atoms. The predicted octanol–water partition coefficient (Wildman–Crippen LogP) is 1.37. The van der Waals surface area contributed by atoms with Crippen molar-refractivity contribution in [1.29, 1.82) is 0 Å². The molecule has 0 aliphatic heterocycles. The van der Waals surface area contributed by atoms with E-state index < -0.39 is 12.6 Å². The number of rotatable bonds is 7. The summed E-state index contributed by atoms with van der Waals surface area (Å²) in [4.78, 5) is 22.1. The molecule has 1 unspecified atom stereocenters. The second-order valence-electron chi connectivity index (χ2n) is 4.06. The SMILES string of the molecule is COCC(C)C(=O)Nc1cccc(OCC(=O)O)c1. The van der Waals surface area contributed by atoms with Gasteiger partial charge in [-0.1, -0.05) is 13.0 Å². The van der Waals surface area contributed by atoms with Crippen LogP contribution in [0.5, 0.6) is 5.75 Å². The number of carboxylic acids is 1. The molecule has 6 heteroatoms. The summed E-state index contributed by atoms with van der Waals surface area (Å²) in [5.74, 6) is -1.10. The van der Waals surface area contributed by atoms with Crippen LogP contribution in [0.3, 0.4) is 0 Å². The van der Waals surface area contributed by atoms with Crippen LogP contribution in [-0.4, -0.2) is 37.3 Å². The van der Waals surface area contributed by atoms with Crippen molar-refractivity contribution in [1.82, 2.24) is 0 Å². The predicted molar refractivity (Wildman–Crippen MR) is 69.2 cm³/mol. The van der Waals surface area contributed by atoms with E-state index in [2.05, 4.69) is 5.32 Å². The minimum atomic E-state index is -1.05. The van der Waals surface area contributed by atoms with Gasteiger partial charge in [-0.3, -0.25) is 4.79 Å². The number of nitrogens with one attached hydrogen (secondary N) is 1. The Morgan fingerprint density at radius 2 is 2.16 bits per heavy atom. The number of anilines is 1. The average Bonchev–Trinajstić information content (AvgIpc) is 2.37. The molecule has 0 heterocycles. The van der Waals surface area contributed by atoms with Gasteiger partial charge < -0.3 is 19.9 Å². The van der Waals surface area contributed by atoms with Gasteiger partial charge in [0.05, 0.1) is 12.5 Å². The second kappa shape index (κ2) is 7.38. The maximum Gasteiger partial charge on any atom is 0.341 e. The van der Waals surface area contributed by atoms with Crippen LogP contribution >= 0.6 is 0 Å². The van der Waals surface area contributed by atoms with Crippen LogP contribution in [0, 0.1) is 5.92 Å². The molecule has 0 radical (unpaired) electrons. The summed E-state index contributed by atoms with van der Waals surface area (Å²) in [6.45, 7) is 1.67. The van der Waals surface area contributed by atoms with Gasteiger partial charge in [0, 0.05) is 18.9 Å². The van der Waals surface area contributed by atoms with Crippen molar-refractivity contribution in [3.63, 3.8) is 0 Å². The van der Waals surface area contributed by atoms with E-state index in [-0.39, 0.29) is 11.8 Å². The first-order valence-corrected chi connectivity index (χ1v) is 5.77. The fourth-order valence-electron chi connectivity index (χ4n) is 1.40. The van der Waals surface area contributed by atoms with E-state index in [1.807, 2.05) is 0 Å². The van der Waals surface area contributed by atoms with E-state index in [9.17, 15) is 9.59 Å². The smallest absolute Gasteiger partial charge is 0.341 e. The molecule has 0 aliphatic carbocycles. The van der Waals surface area contributed by atoms with Gasteiger partial charge in [0.25, 0.3) is 0 Å². The molecule has 0 fully saturated rings. The summed E-state index contributed by atoms with van der Waals surface area (Å²) in [6.07, 6.45) is 0. The topological polar surface area (TPSA) is 84.9 Å². The molecule has 0 saturated heterocycles. The maximum absolute atomic E-state index is 11.8. The number of carboxylic acid groups (broad SMARTS) is 1. The number of benzene rings is 1. The fourth-order valence-corrected chi connectivity index (χ4v) is 1.40. The Balaban J connectivity index is 2.61. The maximum atomic E-state index is 11.8. The number of ether oxygens (including phenoxy) is 2. The molecular weight excluding hydrogens is 250 g/mol. The molecule has 1 aromatic rings. The van der Waals surface area contributed by atoms with Crippen LogP contribution in [0.1, 0.15) is 6.92 Å². The summed E-state index contributed by atoms with van der Waals surface area (Å²) < 4.78 is 9.92. The Morgan fingerprint density at radius 1 is 1.42 bits per heavy atom. The Hall–Kier alpha value is -2.08. The van der Waals surface area contributed by atoms with Crippen molar-refractivity contribution >= 4 is 17.6 Å². The van der Waals surface area contributed by atoms with E-state index in [1.165, 1.54) is 7.11 Å². The van der Waals surface area contributed by atoms with E-state index in [0.29, 0.717) is 18.0 Å². The molecule has 19 heavy (non-hydrogen) atoms. The summed E-state index contributed by atoms with van der Waals surface area (Å²) in [5.41, 5.74) is 0.552. The molecule has 1 aromatic carbocycles. The molecule has 6 nitrogen and oxygen atoms in total. The van der Waals surface area contributed by atoms with E-state index in [0.717, 1.165) is 0 Å². The largest absolute Gasteiger partial charge is 0.482 e. The number of hydrogen-bond donors (Lipinski definition) is 2. The number of amides is 1. The number of carbonyl (C=O) groups excluding carboxylic acids is 1. The van der Waals surface area contributed by atoms with Gasteiger partial charge in [0.15, 0.2) is 6.61 Å². The molecule has 0 bridgehead atoms. The fraction of sp³-hybridized carbons (Fsp3) is 0.385. The first kappa shape index (κ1) is 15.0.